The minimum Gasteiger partial charge on any atom is -0.480 e. The maximum atomic E-state index is 11.8. The highest BCUT2D eigenvalue weighted by Crippen LogP contribution is 2.23. The summed E-state index contributed by atoms with van der Waals surface area (Å²) in [5.41, 5.74) is -1.73. The summed E-state index contributed by atoms with van der Waals surface area (Å²) in [6, 6.07) is 0. The van der Waals surface area contributed by atoms with Gasteiger partial charge in [-0.1, -0.05) is 20.8 Å². The fraction of sp³-hybridized carbons (Fsp3) is 0.818. The molecule has 1 saturated heterocycles. The molecule has 0 atom stereocenters. The van der Waals surface area contributed by atoms with Crippen molar-refractivity contribution in [2.24, 2.45) is 5.41 Å². The first-order chi connectivity index (χ1) is 7.28. The molecule has 5 nitrogen and oxygen atoms in total. The number of carbonyl (C=O) groups excluding carboxylic acids is 1. The van der Waals surface area contributed by atoms with E-state index in [0.717, 1.165) is 0 Å². The van der Waals surface area contributed by atoms with Crippen LogP contribution in [0.1, 0.15) is 33.6 Å². The second kappa shape index (κ2) is 4.41. The predicted octanol–water partition coefficient (Wildman–Crippen LogP) is 0.782. The summed E-state index contributed by atoms with van der Waals surface area (Å²) < 4.78 is 5.13. The molecule has 1 heterocycles. The number of hydrogen-bond donors (Lipinski definition) is 2. The molecule has 0 unspecified atom stereocenters. The van der Waals surface area contributed by atoms with E-state index in [4.69, 9.17) is 4.74 Å². The van der Waals surface area contributed by atoms with Crippen molar-refractivity contribution >= 4 is 11.9 Å². The van der Waals surface area contributed by atoms with Crippen LogP contribution in [0.25, 0.3) is 0 Å². The first kappa shape index (κ1) is 13.0. The van der Waals surface area contributed by atoms with Crippen molar-refractivity contribution in [3.8, 4) is 0 Å². The summed E-state index contributed by atoms with van der Waals surface area (Å²) in [5.74, 6) is -1.22. The lowest BCUT2D eigenvalue weighted by Crippen LogP contribution is -2.59. The summed E-state index contributed by atoms with van der Waals surface area (Å²) >= 11 is 0. The van der Waals surface area contributed by atoms with Crippen molar-refractivity contribution in [2.45, 2.75) is 39.2 Å². The first-order valence-electron chi connectivity index (χ1n) is 5.42. The lowest BCUT2D eigenvalue weighted by Gasteiger charge is -2.36. The number of carboxylic acid groups (broad SMARTS) is 1. The molecule has 1 rings (SSSR count). The number of carbonyl (C=O) groups is 2. The van der Waals surface area contributed by atoms with Gasteiger partial charge < -0.3 is 15.2 Å². The van der Waals surface area contributed by atoms with Gasteiger partial charge in [-0.3, -0.25) is 4.79 Å². The van der Waals surface area contributed by atoms with Gasteiger partial charge in [-0.15, -0.1) is 0 Å². The average molecular weight is 229 g/mol. The Balaban J connectivity index is 2.79. The Labute approximate surface area is 95.2 Å². The van der Waals surface area contributed by atoms with Gasteiger partial charge in [-0.2, -0.15) is 0 Å². The Morgan fingerprint density at radius 3 is 2.12 bits per heavy atom. The Kier molecular flexibility index (Phi) is 3.57. The highest BCUT2D eigenvalue weighted by molar-refractivity contribution is 5.89. The van der Waals surface area contributed by atoms with E-state index in [-0.39, 0.29) is 5.91 Å². The quantitative estimate of drug-likeness (QED) is 0.733. The molecule has 0 bridgehead atoms. The third-order valence-corrected chi connectivity index (χ3v) is 2.79. The van der Waals surface area contributed by atoms with Crippen molar-refractivity contribution in [3.63, 3.8) is 0 Å². The topological polar surface area (TPSA) is 75.6 Å². The normalized spacial score (nSPS) is 20.2. The van der Waals surface area contributed by atoms with Crippen LogP contribution in [0.2, 0.25) is 0 Å². The van der Waals surface area contributed by atoms with Gasteiger partial charge in [0, 0.05) is 31.5 Å². The summed E-state index contributed by atoms with van der Waals surface area (Å²) in [4.78, 5) is 23.1. The number of rotatable bonds is 2. The van der Waals surface area contributed by atoms with Crippen LogP contribution >= 0.6 is 0 Å². The van der Waals surface area contributed by atoms with Gasteiger partial charge in [-0.05, 0) is 0 Å². The molecule has 16 heavy (non-hydrogen) atoms. The second-order valence-electron chi connectivity index (χ2n) is 5.20. The number of aliphatic carboxylic acids is 1. The fourth-order valence-corrected chi connectivity index (χ4v) is 1.52. The number of hydrogen-bond acceptors (Lipinski definition) is 3. The number of amides is 1. The van der Waals surface area contributed by atoms with Crippen LogP contribution in [0.4, 0.5) is 0 Å². The van der Waals surface area contributed by atoms with Crippen molar-refractivity contribution < 1.29 is 19.4 Å². The second-order valence-corrected chi connectivity index (χ2v) is 5.20. The van der Waals surface area contributed by atoms with Crippen LogP contribution in [0, 0.1) is 5.41 Å². The molecule has 1 amide bonds. The molecule has 1 aliphatic rings. The number of ether oxygens (including phenoxy) is 1. The molecule has 2 N–H and O–H groups in total. The molecule has 0 spiro atoms. The Morgan fingerprint density at radius 2 is 1.75 bits per heavy atom. The van der Waals surface area contributed by atoms with Crippen LogP contribution in [0.15, 0.2) is 0 Å². The molecule has 0 radical (unpaired) electrons. The van der Waals surface area contributed by atoms with Crippen molar-refractivity contribution in [2.75, 3.05) is 13.2 Å². The van der Waals surface area contributed by atoms with Gasteiger partial charge in [-0.25, -0.2) is 4.79 Å². The van der Waals surface area contributed by atoms with E-state index in [1.165, 1.54) is 0 Å². The van der Waals surface area contributed by atoms with Gasteiger partial charge in [0.05, 0.1) is 0 Å². The van der Waals surface area contributed by atoms with Crippen molar-refractivity contribution in [1.82, 2.24) is 5.32 Å². The molecule has 0 aromatic heterocycles. The molecular weight excluding hydrogens is 210 g/mol. The van der Waals surface area contributed by atoms with E-state index in [1.807, 2.05) is 0 Å². The van der Waals surface area contributed by atoms with Crippen LogP contribution in [0.3, 0.4) is 0 Å². The molecule has 0 aliphatic carbocycles. The third kappa shape index (κ3) is 2.72. The van der Waals surface area contributed by atoms with Gasteiger partial charge in [0.15, 0.2) is 0 Å². The lowest BCUT2D eigenvalue weighted by molar-refractivity contribution is -0.153. The highest BCUT2D eigenvalue weighted by Gasteiger charge is 2.43. The Morgan fingerprint density at radius 1 is 1.25 bits per heavy atom. The number of nitrogens with one attached hydrogen (secondary N) is 1. The molecule has 92 valence electrons. The summed E-state index contributed by atoms with van der Waals surface area (Å²) in [6.07, 6.45) is 0.647. The zero-order valence-corrected chi connectivity index (χ0v) is 10.0. The Bertz CT molecular complexity index is 287. The van der Waals surface area contributed by atoms with Gasteiger partial charge in [0.25, 0.3) is 0 Å². The summed E-state index contributed by atoms with van der Waals surface area (Å²) in [5, 5.41) is 11.9. The molecule has 1 aliphatic heterocycles. The molecule has 0 aromatic rings. The van der Waals surface area contributed by atoms with Crippen LogP contribution in [0.5, 0.6) is 0 Å². The van der Waals surface area contributed by atoms with E-state index in [1.54, 1.807) is 20.8 Å². The molecular formula is C11H19NO4. The van der Waals surface area contributed by atoms with Crippen LogP contribution in [-0.2, 0) is 14.3 Å². The van der Waals surface area contributed by atoms with E-state index in [9.17, 15) is 14.7 Å². The SMILES string of the molecule is CC(C)(C)C(=O)NC1(C(=O)O)CCOCC1. The molecule has 5 heteroatoms. The van der Waals surface area contributed by atoms with E-state index in [2.05, 4.69) is 5.32 Å². The molecule has 1 fully saturated rings. The zero-order valence-electron chi connectivity index (χ0n) is 10.0. The Hall–Kier alpha value is -1.10. The average Bonchev–Trinajstić information content (AvgIpc) is 2.17. The zero-order chi connectivity index (χ0) is 12.4. The number of carboxylic acids is 1. The minimum absolute atomic E-state index is 0.239. The van der Waals surface area contributed by atoms with Crippen molar-refractivity contribution in [3.05, 3.63) is 0 Å². The molecule has 0 aromatic carbocycles. The largest absolute Gasteiger partial charge is 0.480 e. The van der Waals surface area contributed by atoms with E-state index < -0.39 is 16.9 Å². The summed E-state index contributed by atoms with van der Waals surface area (Å²) in [7, 11) is 0. The van der Waals surface area contributed by atoms with Crippen LogP contribution in [-0.4, -0.2) is 35.7 Å². The maximum absolute atomic E-state index is 11.8. The van der Waals surface area contributed by atoms with Gasteiger partial charge in [0.2, 0.25) is 5.91 Å². The maximum Gasteiger partial charge on any atom is 0.329 e. The predicted molar refractivity (Wildman–Crippen MR) is 58.0 cm³/mol. The molecule has 0 saturated carbocycles. The van der Waals surface area contributed by atoms with Gasteiger partial charge >= 0.3 is 5.97 Å². The third-order valence-electron chi connectivity index (χ3n) is 2.79. The standard InChI is InChI=1S/C11H19NO4/c1-10(2,3)8(13)12-11(9(14)15)4-6-16-7-5-11/h4-7H2,1-3H3,(H,12,13)(H,14,15). The highest BCUT2D eigenvalue weighted by atomic mass is 16.5. The van der Waals surface area contributed by atoms with Gasteiger partial charge in [0.1, 0.15) is 5.54 Å². The van der Waals surface area contributed by atoms with E-state index in [0.29, 0.717) is 26.1 Å². The fourth-order valence-electron chi connectivity index (χ4n) is 1.52. The van der Waals surface area contributed by atoms with Crippen LogP contribution < -0.4 is 5.32 Å². The first-order valence-corrected chi connectivity index (χ1v) is 5.42. The lowest BCUT2D eigenvalue weighted by atomic mass is 9.87. The summed E-state index contributed by atoms with van der Waals surface area (Å²) in [6.45, 7) is 6.03. The van der Waals surface area contributed by atoms with Crippen molar-refractivity contribution in [1.29, 1.82) is 0 Å². The smallest absolute Gasteiger partial charge is 0.329 e. The monoisotopic (exact) mass is 229 g/mol. The minimum atomic E-state index is -1.15. The van der Waals surface area contributed by atoms with E-state index >= 15 is 0 Å².